The first-order chi connectivity index (χ1) is 9.88. The maximum absolute atomic E-state index is 13.8. The van der Waals surface area contributed by atoms with Crippen LogP contribution in [0.15, 0.2) is 17.5 Å². The predicted octanol–water partition coefficient (Wildman–Crippen LogP) is 2.57. The van der Waals surface area contributed by atoms with E-state index in [1.165, 1.54) is 11.3 Å². The summed E-state index contributed by atoms with van der Waals surface area (Å²) in [4.78, 5) is 25.4. The summed E-state index contributed by atoms with van der Waals surface area (Å²) in [6.07, 6.45) is 0. The second kappa shape index (κ2) is 5.92. The number of aryl methyl sites for hydroxylation is 1. The molecule has 21 heavy (non-hydrogen) atoms. The highest BCUT2D eigenvalue weighted by atomic mass is 32.1. The van der Waals surface area contributed by atoms with Crippen LogP contribution in [0.25, 0.3) is 0 Å². The van der Waals surface area contributed by atoms with Crippen molar-refractivity contribution in [2.24, 2.45) is 0 Å². The highest BCUT2D eigenvalue weighted by Crippen LogP contribution is 2.22. The fourth-order valence-electron chi connectivity index (χ4n) is 1.63. The molecule has 0 radical (unpaired) electrons. The lowest BCUT2D eigenvalue weighted by atomic mass is 10.1. The number of hydrogen-bond acceptors (Lipinski definition) is 5. The van der Waals surface area contributed by atoms with Crippen LogP contribution in [0.4, 0.5) is 14.5 Å². The summed E-state index contributed by atoms with van der Waals surface area (Å²) in [6, 6.07) is 1.04. The van der Waals surface area contributed by atoms with Crippen molar-refractivity contribution in [2.75, 3.05) is 0 Å². The highest BCUT2D eigenvalue weighted by Gasteiger charge is 2.24. The molecular weight excluding hydrogens is 304 g/mol. The minimum atomic E-state index is -1.37. The molecule has 0 aliphatic heterocycles. The second-order valence-corrected chi connectivity index (χ2v) is 5.15. The summed E-state index contributed by atoms with van der Waals surface area (Å²) >= 11 is 1.38. The Labute approximate surface area is 121 Å². The Balaban J connectivity index is 2.21. The van der Waals surface area contributed by atoms with Crippen LogP contribution in [0.2, 0.25) is 0 Å². The number of nitrogens with zero attached hydrogens (tertiary/aromatic N) is 2. The number of carbonyl (C=O) groups excluding carboxylic acids is 1. The maximum Gasteiger partial charge on any atom is 0.308 e. The molecule has 0 aliphatic carbocycles. The fourth-order valence-corrected chi connectivity index (χ4v) is 2.24. The number of thiazole rings is 1. The number of amides is 1. The van der Waals surface area contributed by atoms with Gasteiger partial charge in [0.25, 0.3) is 5.91 Å². The monoisotopic (exact) mass is 313 g/mol. The Bertz CT molecular complexity index is 718. The first kappa shape index (κ1) is 15.0. The molecule has 0 atom stereocenters. The Kier molecular flexibility index (Phi) is 4.22. The number of nitro groups is 1. The third-order valence-electron chi connectivity index (χ3n) is 2.56. The highest BCUT2D eigenvalue weighted by molar-refractivity contribution is 7.09. The zero-order valence-corrected chi connectivity index (χ0v) is 11.5. The van der Waals surface area contributed by atoms with E-state index in [2.05, 4.69) is 10.3 Å². The van der Waals surface area contributed by atoms with Crippen LogP contribution in [0.1, 0.15) is 21.1 Å². The van der Waals surface area contributed by atoms with Gasteiger partial charge in [-0.3, -0.25) is 14.9 Å². The lowest BCUT2D eigenvalue weighted by Crippen LogP contribution is -2.24. The normalized spacial score (nSPS) is 10.4. The lowest BCUT2D eigenvalue weighted by Gasteiger charge is -2.05. The Hall–Kier alpha value is -2.42. The van der Waals surface area contributed by atoms with E-state index in [0.717, 1.165) is 5.01 Å². The molecule has 0 spiro atoms. The van der Waals surface area contributed by atoms with Crippen molar-refractivity contribution < 1.29 is 18.5 Å². The number of hydrogen-bond donors (Lipinski definition) is 1. The van der Waals surface area contributed by atoms with E-state index in [9.17, 15) is 23.7 Å². The van der Waals surface area contributed by atoms with Crippen LogP contribution in [-0.2, 0) is 6.54 Å². The zero-order chi connectivity index (χ0) is 15.6. The molecular formula is C12H9F2N3O3S. The number of benzene rings is 1. The minimum absolute atomic E-state index is 0.0208. The van der Waals surface area contributed by atoms with Gasteiger partial charge in [0.05, 0.1) is 33.8 Å². The number of rotatable bonds is 4. The van der Waals surface area contributed by atoms with Crippen LogP contribution >= 0.6 is 11.3 Å². The van der Waals surface area contributed by atoms with E-state index in [4.69, 9.17) is 0 Å². The van der Waals surface area contributed by atoms with Crippen LogP contribution in [0.5, 0.6) is 0 Å². The molecule has 1 aromatic carbocycles. The van der Waals surface area contributed by atoms with E-state index < -0.39 is 33.7 Å². The number of nitrogens with one attached hydrogen (secondary N) is 1. The third-order valence-corrected chi connectivity index (χ3v) is 3.38. The van der Waals surface area contributed by atoms with E-state index in [-0.39, 0.29) is 6.54 Å². The summed E-state index contributed by atoms with van der Waals surface area (Å²) in [7, 11) is 0. The van der Waals surface area contributed by atoms with Gasteiger partial charge in [-0.05, 0) is 13.0 Å². The molecule has 0 unspecified atom stereocenters. The molecule has 1 amide bonds. The quantitative estimate of drug-likeness (QED) is 0.694. The van der Waals surface area contributed by atoms with Gasteiger partial charge in [-0.15, -0.1) is 11.3 Å². The van der Waals surface area contributed by atoms with Crippen molar-refractivity contribution in [3.05, 3.63) is 55.5 Å². The summed E-state index contributed by atoms with van der Waals surface area (Å²) in [6.45, 7) is 1.80. The average molecular weight is 313 g/mol. The Morgan fingerprint density at radius 3 is 2.76 bits per heavy atom. The van der Waals surface area contributed by atoms with Gasteiger partial charge in [0.15, 0.2) is 0 Å². The first-order valence-corrected chi connectivity index (χ1v) is 6.59. The van der Waals surface area contributed by atoms with Gasteiger partial charge in [-0.25, -0.2) is 9.37 Å². The Morgan fingerprint density at radius 2 is 2.19 bits per heavy atom. The van der Waals surface area contributed by atoms with Gasteiger partial charge in [-0.2, -0.15) is 4.39 Å². The lowest BCUT2D eigenvalue weighted by molar-refractivity contribution is -0.387. The fraction of sp³-hybridized carbons (Fsp3) is 0.167. The summed E-state index contributed by atoms with van der Waals surface area (Å²) in [5, 5.41) is 15.4. The van der Waals surface area contributed by atoms with Crippen molar-refractivity contribution in [1.29, 1.82) is 0 Å². The van der Waals surface area contributed by atoms with Crippen molar-refractivity contribution in [1.82, 2.24) is 10.3 Å². The SMILES string of the molecule is Cc1nc(CNC(=O)c2cc(F)cc([N+](=O)[O-])c2F)cs1. The zero-order valence-electron chi connectivity index (χ0n) is 10.7. The van der Waals surface area contributed by atoms with Crippen LogP contribution in [-0.4, -0.2) is 15.8 Å². The van der Waals surface area contributed by atoms with Crippen LogP contribution in [0.3, 0.4) is 0 Å². The molecule has 0 saturated heterocycles. The molecule has 2 aromatic rings. The number of aromatic nitrogens is 1. The first-order valence-electron chi connectivity index (χ1n) is 5.71. The van der Waals surface area contributed by atoms with Crippen molar-refractivity contribution in [3.63, 3.8) is 0 Å². The molecule has 6 nitrogen and oxygen atoms in total. The largest absolute Gasteiger partial charge is 0.346 e. The summed E-state index contributed by atoms with van der Waals surface area (Å²) in [5.74, 6) is -3.37. The Morgan fingerprint density at radius 1 is 1.48 bits per heavy atom. The van der Waals surface area contributed by atoms with E-state index in [0.29, 0.717) is 17.8 Å². The molecule has 0 aliphatic rings. The minimum Gasteiger partial charge on any atom is -0.346 e. The smallest absolute Gasteiger partial charge is 0.308 e. The van der Waals surface area contributed by atoms with E-state index in [1.54, 1.807) is 12.3 Å². The van der Waals surface area contributed by atoms with Crippen LogP contribution in [0, 0.1) is 28.7 Å². The van der Waals surface area contributed by atoms with E-state index >= 15 is 0 Å². The molecule has 0 saturated carbocycles. The van der Waals surface area contributed by atoms with Gasteiger partial charge in [0, 0.05) is 5.38 Å². The van der Waals surface area contributed by atoms with Crippen molar-refractivity contribution in [3.8, 4) is 0 Å². The average Bonchev–Trinajstić information content (AvgIpc) is 2.83. The van der Waals surface area contributed by atoms with Gasteiger partial charge < -0.3 is 5.32 Å². The summed E-state index contributed by atoms with van der Waals surface area (Å²) < 4.78 is 27.0. The van der Waals surface area contributed by atoms with Gasteiger partial charge >= 0.3 is 5.69 Å². The van der Waals surface area contributed by atoms with E-state index in [1.807, 2.05) is 0 Å². The molecule has 1 N–H and O–H groups in total. The van der Waals surface area contributed by atoms with Crippen molar-refractivity contribution in [2.45, 2.75) is 13.5 Å². The summed E-state index contributed by atoms with van der Waals surface area (Å²) in [5.41, 5.74) is -1.23. The number of halogens is 2. The molecule has 0 bridgehead atoms. The third kappa shape index (κ3) is 3.37. The molecule has 1 heterocycles. The molecule has 110 valence electrons. The number of carbonyl (C=O) groups is 1. The topological polar surface area (TPSA) is 85.1 Å². The van der Waals surface area contributed by atoms with Crippen molar-refractivity contribution >= 4 is 22.9 Å². The maximum atomic E-state index is 13.8. The predicted molar refractivity (Wildman–Crippen MR) is 71.0 cm³/mol. The molecule has 9 heteroatoms. The number of nitro benzene ring substituents is 1. The van der Waals surface area contributed by atoms with Gasteiger partial charge in [0.2, 0.25) is 5.82 Å². The second-order valence-electron chi connectivity index (χ2n) is 4.08. The molecule has 2 rings (SSSR count). The molecule has 1 aromatic heterocycles. The standard InChI is InChI=1S/C12H9F2N3O3S/c1-6-16-8(5-21-6)4-15-12(18)9-2-7(13)3-10(11(9)14)17(19)20/h2-3,5H,4H2,1H3,(H,15,18). The van der Waals surface area contributed by atoms with Crippen LogP contribution < -0.4 is 5.32 Å². The van der Waals surface area contributed by atoms with Gasteiger partial charge in [-0.1, -0.05) is 0 Å². The molecule has 0 fully saturated rings. The van der Waals surface area contributed by atoms with Gasteiger partial charge in [0.1, 0.15) is 5.82 Å².